The minimum atomic E-state index is 0.210. The van der Waals surface area contributed by atoms with Crippen molar-refractivity contribution in [1.29, 1.82) is 0 Å². The number of nitrogens with one attached hydrogen (secondary N) is 1. The number of rotatable bonds is 7. The molecule has 0 amide bonds. The van der Waals surface area contributed by atoms with E-state index in [0.717, 1.165) is 18.4 Å². The van der Waals surface area contributed by atoms with Crippen molar-refractivity contribution < 1.29 is 18.9 Å². The Labute approximate surface area is 126 Å². The van der Waals surface area contributed by atoms with Crippen LogP contribution in [0.1, 0.15) is 31.4 Å². The number of ether oxygens (including phenoxy) is 4. The SMILES string of the molecule is COc1cc(C(C)NC2CC(OC)C2)cc(OC)c1OC. The number of hydrogen-bond acceptors (Lipinski definition) is 5. The maximum atomic E-state index is 5.40. The third-order valence-electron chi connectivity index (χ3n) is 4.10. The summed E-state index contributed by atoms with van der Waals surface area (Å²) in [5.41, 5.74) is 1.12. The average molecular weight is 295 g/mol. The van der Waals surface area contributed by atoms with Crippen LogP contribution in [0.4, 0.5) is 0 Å². The molecule has 2 rings (SSSR count). The number of methoxy groups -OCH3 is 4. The highest BCUT2D eigenvalue weighted by molar-refractivity contribution is 5.54. The van der Waals surface area contributed by atoms with Crippen molar-refractivity contribution in [3.05, 3.63) is 17.7 Å². The molecule has 118 valence electrons. The van der Waals surface area contributed by atoms with Crippen molar-refractivity contribution in [2.75, 3.05) is 28.4 Å². The van der Waals surface area contributed by atoms with E-state index in [1.165, 1.54) is 0 Å². The van der Waals surface area contributed by atoms with E-state index in [9.17, 15) is 0 Å². The fraction of sp³-hybridized carbons (Fsp3) is 0.625. The van der Waals surface area contributed by atoms with E-state index in [2.05, 4.69) is 12.2 Å². The lowest BCUT2D eigenvalue weighted by atomic mass is 9.88. The van der Waals surface area contributed by atoms with E-state index in [1.54, 1.807) is 28.4 Å². The summed E-state index contributed by atoms with van der Waals surface area (Å²) in [4.78, 5) is 0. The zero-order chi connectivity index (χ0) is 15.4. The normalized spacial score (nSPS) is 22.3. The Kier molecular flexibility index (Phi) is 5.31. The molecule has 1 atom stereocenters. The van der Waals surface area contributed by atoms with E-state index in [-0.39, 0.29) is 6.04 Å². The fourth-order valence-corrected chi connectivity index (χ4v) is 2.70. The summed E-state index contributed by atoms with van der Waals surface area (Å²) >= 11 is 0. The minimum Gasteiger partial charge on any atom is -0.493 e. The summed E-state index contributed by atoms with van der Waals surface area (Å²) in [6, 6.07) is 4.70. The number of hydrogen-bond donors (Lipinski definition) is 1. The molecule has 1 saturated carbocycles. The Hall–Kier alpha value is -1.46. The van der Waals surface area contributed by atoms with Crippen molar-refractivity contribution >= 4 is 0 Å². The molecule has 0 bridgehead atoms. The molecule has 1 N–H and O–H groups in total. The van der Waals surface area contributed by atoms with E-state index >= 15 is 0 Å². The summed E-state index contributed by atoms with van der Waals surface area (Å²) in [5, 5.41) is 3.61. The lowest BCUT2D eigenvalue weighted by Crippen LogP contribution is -2.45. The molecule has 1 aliphatic rings. The smallest absolute Gasteiger partial charge is 0.203 e. The summed E-state index contributed by atoms with van der Waals surface area (Å²) in [6.07, 6.45) is 2.52. The molecular formula is C16H25NO4. The third-order valence-corrected chi connectivity index (χ3v) is 4.10. The van der Waals surface area contributed by atoms with Crippen molar-refractivity contribution in [3.8, 4) is 17.2 Å². The van der Waals surface area contributed by atoms with Gasteiger partial charge in [0.05, 0.1) is 27.4 Å². The molecule has 1 aromatic rings. The van der Waals surface area contributed by atoms with Crippen LogP contribution in [0.5, 0.6) is 17.2 Å². The van der Waals surface area contributed by atoms with Gasteiger partial charge in [-0.1, -0.05) is 0 Å². The highest BCUT2D eigenvalue weighted by atomic mass is 16.5. The van der Waals surface area contributed by atoms with Gasteiger partial charge < -0.3 is 24.3 Å². The molecule has 21 heavy (non-hydrogen) atoms. The van der Waals surface area contributed by atoms with Gasteiger partial charge in [-0.25, -0.2) is 0 Å². The Bertz CT molecular complexity index is 446. The van der Waals surface area contributed by atoms with Crippen LogP contribution < -0.4 is 19.5 Å². The van der Waals surface area contributed by atoms with Crippen LogP contribution in [0.15, 0.2) is 12.1 Å². The van der Waals surface area contributed by atoms with Gasteiger partial charge in [0.15, 0.2) is 11.5 Å². The maximum absolute atomic E-state index is 5.40. The van der Waals surface area contributed by atoms with Crippen molar-refractivity contribution in [1.82, 2.24) is 5.32 Å². The molecule has 0 heterocycles. The van der Waals surface area contributed by atoms with Crippen LogP contribution in [-0.2, 0) is 4.74 Å². The molecule has 1 aliphatic carbocycles. The van der Waals surface area contributed by atoms with Gasteiger partial charge in [0, 0.05) is 19.2 Å². The van der Waals surface area contributed by atoms with Gasteiger partial charge >= 0.3 is 0 Å². The van der Waals surface area contributed by atoms with E-state index < -0.39 is 0 Å². The average Bonchev–Trinajstić information content (AvgIpc) is 2.48. The minimum absolute atomic E-state index is 0.210. The van der Waals surface area contributed by atoms with Gasteiger partial charge in [-0.05, 0) is 37.5 Å². The second kappa shape index (κ2) is 7.00. The fourth-order valence-electron chi connectivity index (χ4n) is 2.70. The molecular weight excluding hydrogens is 270 g/mol. The second-order valence-corrected chi connectivity index (χ2v) is 5.37. The molecule has 1 unspecified atom stereocenters. The number of benzene rings is 1. The Morgan fingerprint density at radius 3 is 2.00 bits per heavy atom. The van der Waals surface area contributed by atoms with Gasteiger partial charge in [0.2, 0.25) is 5.75 Å². The van der Waals surface area contributed by atoms with Crippen LogP contribution in [0.25, 0.3) is 0 Å². The molecule has 5 heteroatoms. The zero-order valence-electron chi connectivity index (χ0n) is 13.4. The molecule has 1 aromatic carbocycles. The zero-order valence-corrected chi connectivity index (χ0v) is 13.4. The molecule has 1 fully saturated rings. The van der Waals surface area contributed by atoms with Gasteiger partial charge in [0.25, 0.3) is 0 Å². The van der Waals surface area contributed by atoms with Gasteiger partial charge in [-0.15, -0.1) is 0 Å². The molecule has 0 aliphatic heterocycles. The Morgan fingerprint density at radius 2 is 1.57 bits per heavy atom. The van der Waals surface area contributed by atoms with E-state index in [0.29, 0.717) is 29.4 Å². The Balaban J connectivity index is 2.11. The van der Waals surface area contributed by atoms with E-state index in [1.807, 2.05) is 12.1 Å². The van der Waals surface area contributed by atoms with Gasteiger partial charge in [-0.3, -0.25) is 0 Å². The predicted molar refractivity (Wildman–Crippen MR) is 81.5 cm³/mol. The summed E-state index contributed by atoms with van der Waals surface area (Å²) in [7, 11) is 6.65. The van der Waals surface area contributed by atoms with Crippen molar-refractivity contribution in [2.24, 2.45) is 0 Å². The monoisotopic (exact) mass is 295 g/mol. The first-order valence-corrected chi connectivity index (χ1v) is 7.21. The third kappa shape index (κ3) is 3.41. The van der Waals surface area contributed by atoms with Crippen LogP contribution in [0.3, 0.4) is 0 Å². The lowest BCUT2D eigenvalue weighted by Gasteiger charge is -2.37. The van der Waals surface area contributed by atoms with Crippen LogP contribution >= 0.6 is 0 Å². The quantitative estimate of drug-likeness (QED) is 0.837. The van der Waals surface area contributed by atoms with E-state index in [4.69, 9.17) is 18.9 Å². The highest BCUT2D eigenvalue weighted by Gasteiger charge is 2.30. The summed E-state index contributed by atoms with van der Waals surface area (Å²) in [5.74, 6) is 1.99. The highest BCUT2D eigenvalue weighted by Crippen LogP contribution is 2.40. The van der Waals surface area contributed by atoms with Crippen molar-refractivity contribution in [3.63, 3.8) is 0 Å². The predicted octanol–water partition coefficient (Wildman–Crippen LogP) is 2.54. The standard InChI is InChI=1S/C16H25NO4/c1-10(17-12-8-13(9-12)18-2)11-6-14(19-3)16(21-5)15(7-11)20-4/h6-7,10,12-13,17H,8-9H2,1-5H3. The van der Waals surface area contributed by atoms with Crippen LogP contribution in [-0.4, -0.2) is 40.6 Å². The lowest BCUT2D eigenvalue weighted by molar-refractivity contribution is 0.0147. The second-order valence-electron chi connectivity index (χ2n) is 5.37. The summed E-state index contributed by atoms with van der Waals surface area (Å²) < 4.78 is 21.5. The topological polar surface area (TPSA) is 49.0 Å². The van der Waals surface area contributed by atoms with Gasteiger partial charge in [-0.2, -0.15) is 0 Å². The van der Waals surface area contributed by atoms with Gasteiger partial charge in [0.1, 0.15) is 0 Å². The van der Waals surface area contributed by atoms with Crippen LogP contribution in [0, 0.1) is 0 Å². The first-order valence-electron chi connectivity index (χ1n) is 7.21. The first-order chi connectivity index (χ1) is 10.1. The molecule has 5 nitrogen and oxygen atoms in total. The molecule has 0 radical (unpaired) electrons. The summed E-state index contributed by atoms with van der Waals surface area (Å²) in [6.45, 7) is 2.14. The maximum Gasteiger partial charge on any atom is 0.203 e. The molecule has 0 saturated heterocycles. The Morgan fingerprint density at radius 1 is 1.00 bits per heavy atom. The van der Waals surface area contributed by atoms with Crippen molar-refractivity contribution in [2.45, 2.75) is 38.0 Å². The first kappa shape index (κ1) is 15.9. The molecule has 0 spiro atoms. The molecule has 0 aromatic heterocycles. The van der Waals surface area contributed by atoms with Crippen LogP contribution in [0.2, 0.25) is 0 Å². The largest absolute Gasteiger partial charge is 0.493 e.